The van der Waals surface area contributed by atoms with Crippen molar-refractivity contribution in [2.24, 2.45) is 0 Å². The first kappa shape index (κ1) is 25.5. The van der Waals surface area contributed by atoms with Crippen LogP contribution in [0.4, 0.5) is 5.82 Å². The van der Waals surface area contributed by atoms with Crippen LogP contribution in [0.1, 0.15) is 35.1 Å². The van der Waals surface area contributed by atoms with Crippen molar-refractivity contribution in [2.75, 3.05) is 31.1 Å². The fraction of sp³-hybridized carbons (Fsp3) is 0.235. The number of piperazine rings is 1. The standard InChI is InChI=1S/C34H35N3O/c1-25-8-7-11-30(20-25)32-24-28(23-31(22-27(32)3)29-9-5-4-6-10-29)12-13-34(38)37-18-16-36(17-19-37)33-21-26(2)14-15-35-33/h4-11,14-15,20-24H,3,12-13,16-19H2,1-2H3. The van der Waals surface area contributed by atoms with Gasteiger partial charge in [0.2, 0.25) is 5.91 Å². The number of carbonyl (C=O) groups is 1. The summed E-state index contributed by atoms with van der Waals surface area (Å²) in [4.78, 5) is 22.0. The minimum absolute atomic E-state index is 0.210. The molecule has 1 fully saturated rings. The summed E-state index contributed by atoms with van der Waals surface area (Å²) < 4.78 is 0. The number of aromatic nitrogens is 1. The van der Waals surface area contributed by atoms with Gasteiger partial charge in [-0.3, -0.25) is 4.79 Å². The monoisotopic (exact) mass is 501 g/mol. The highest BCUT2D eigenvalue weighted by Gasteiger charge is 2.22. The van der Waals surface area contributed by atoms with Crippen molar-refractivity contribution in [2.45, 2.75) is 26.7 Å². The fourth-order valence-electron chi connectivity index (χ4n) is 5.14. The van der Waals surface area contributed by atoms with Gasteiger partial charge in [-0.1, -0.05) is 78.9 Å². The van der Waals surface area contributed by atoms with Gasteiger partial charge in [-0.15, -0.1) is 0 Å². The van der Waals surface area contributed by atoms with Gasteiger partial charge in [0.05, 0.1) is 0 Å². The molecule has 2 aliphatic rings. The number of carbonyl (C=O) groups excluding carboxylic acids is 1. The third-order valence-corrected chi connectivity index (χ3v) is 7.27. The van der Waals surface area contributed by atoms with Gasteiger partial charge in [0, 0.05) is 38.8 Å². The maximum Gasteiger partial charge on any atom is 0.223 e. The molecule has 0 radical (unpaired) electrons. The Morgan fingerprint density at radius 1 is 0.842 bits per heavy atom. The molecule has 2 heterocycles. The molecule has 1 aliphatic heterocycles. The lowest BCUT2D eigenvalue weighted by Gasteiger charge is -2.35. The topological polar surface area (TPSA) is 36.4 Å². The van der Waals surface area contributed by atoms with Crippen LogP contribution >= 0.6 is 0 Å². The SMILES string of the molecule is C=C1C=C(c2ccccc2)C=C(CCC(=O)N2CCN(c3cc(C)ccn3)CC2)C=C1c1cccc(C)c1. The maximum atomic E-state index is 13.2. The predicted octanol–water partition coefficient (Wildman–Crippen LogP) is 6.79. The lowest BCUT2D eigenvalue weighted by Crippen LogP contribution is -2.49. The van der Waals surface area contributed by atoms with Gasteiger partial charge in [0.1, 0.15) is 5.82 Å². The van der Waals surface area contributed by atoms with Gasteiger partial charge >= 0.3 is 0 Å². The number of hydrogen-bond acceptors (Lipinski definition) is 3. The van der Waals surface area contributed by atoms with E-state index < -0.39 is 0 Å². The van der Waals surface area contributed by atoms with Crippen LogP contribution in [0.25, 0.3) is 11.1 Å². The molecule has 1 amide bonds. The Balaban J connectivity index is 1.31. The summed E-state index contributed by atoms with van der Waals surface area (Å²) in [6.07, 6.45) is 9.63. The van der Waals surface area contributed by atoms with E-state index in [1.54, 1.807) is 0 Å². The summed E-state index contributed by atoms with van der Waals surface area (Å²) in [6.45, 7) is 11.7. The van der Waals surface area contributed by atoms with E-state index in [9.17, 15) is 4.79 Å². The molecule has 0 N–H and O–H groups in total. The second-order valence-electron chi connectivity index (χ2n) is 10.2. The van der Waals surface area contributed by atoms with Crippen LogP contribution in [-0.2, 0) is 4.79 Å². The lowest BCUT2D eigenvalue weighted by molar-refractivity contribution is -0.131. The van der Waals surface area contributed by atoms with Crippen LogP contribution in [0.3, 0.4) is 0 Å². The van der Waals surface area contributed by atoms with E-state index in [-0.39, 0.29) is 5.91 Å². The molecule has 4 heteroatoms. The van der Waals surface area contributed by atoms with Crippen molar-refractivity contribution in [3.63, 3.8) is 0 Å². The number of rotatable bonds is 6. The first-order valence-electron chi connectivity index (χ1n) is 13.4. The summed E-state index contributed by atoms with van der Waals surface area (Å²) in [5, 5.41) is 0. The number of aryl methyl sites for hydroxylation is 2. The quantitative estimate of drug-likeness (QED) is 0.373. The molecular weight excluding hydrogens is 466 g/mol. The Kier molecular flexibility index (Phi) is 7.69. The zero-order valence-electron chi connectivity index (χ0n) is 22.4. The van der Waals surface area contributed by atoms with Crippen molar-refractivity contribution in [3.8, 4) is 0 Å². The van der Waals surface area contributed by atoms with Crippen molar-refractivity contribution < 1.29 is 4.79 Å². The van der Waals surface area contributed by atoms with Gasteiger partial charge in [-0.05, 0) is 77.5 Å². The maximum absolute atomic E-state index is 13.2. The van der Waals surface area contributed by atoms with Crippen LogP contribution in [0.5, 0.6) is 0 Å². The van der Waals surface area contributed by atoms with Gasteiger partial charge in [-0.2, -0.15) is 0 Å². The molecular formula is C34H35N3O. The van der Waals surface area contributed by atoms with Gasteiger partial charge < -0.3 is 9.80 Å². The molecule has 2 aromatic carbocycles. The summed E-state index contributed by atoms with van der Waals surface area (Å²) in [7, 11) is 0. The lowest BCUT2D eigenvalue weighted by atomic mass is 9.95. The summed E-state index contributed by atoms with van der Waals surface area (Å²) in [5.74, 6) is 1.21. The number of benzene rings is 2. The minimum atomic E-state index is 0.210. The van der Waals surface area contributed by atoms with Crippen LogP contribution in [0.15, 0.2) is 109 Å². The third kappa shape index (κ3) is 6.03. The molecule has 3 aromatic rings. The van der Waals surface area contributed by atoms with Gasteiger partial charge in [-0.25, -0.2) is 4.98 Å². The van der Waals surface area contributed by atoms with Crippen molar-refractivity contribution in [1.29, 1.82) is 0 Å². The normalized spacial score (nSPS) is 15.9. The van der Waals surface area contributed by atoms with Crippen molar-refractivity contribution in [3.05, 3.63) is 131 Å². The second-order valence-corrected chi connectivity index (χ2v) is 10.2. The van der Waals surface area contributed by atoms with Crippen molar-refractivity contribution in [1.82, 2.24) is 9.88 Å². The highest BCUT2D eigenvalue weighted by atomic mass is 16.2. The number of allylic oxidation sites excluding steroid dienone is 7. The van der Waals surface area contributed by atoms with Gasteiger partial charge in [0.25, 0.3) is 0 Å². The molecule has 1 aromatic heterocycles. The largest absolute Gasteiger partial charge is 0.353 e. The Morgan fingerprint density at radius 3 is 2.32 bits per heavy atom. The van der Waals surface area contributed by atoms with Crippen LogP contribution in [0.2, 0.25) is 0 Å². The average molecular weight is 502 g/mol. The first-order chi connectivity index (χ1) is 18.5. The van der Waals surface area contributed by atoms with Crippen LogP contribution in [-0.4, -0.2) is 42.0 Å². The number of amides is 1. The van der Waals surface area contributed by atoms with E-state index in [1.807, 2.05) is 23.2 Å². The van der Waals surface area contributed by atoms with E-state index in [0.717, 1.165) is 65.4 Å². The van der Waals surface area contributed by atoms with Crippen LogP contribution < -0.4 is 4.90 Å². The fourth-order valence-corrected chi connectivity index (χ4v) is 5.14. The Bertz CT molecular complexity index is 1420. The molecule has 0 saturated carbocycles. The van der Waals surface area contributed by atoms with Crippen molar-refractivity contribution >= 4 is 22.9 Å². The molecule has 5 rings (SSSR count). The molecule has 38 heavy (non-hydrogen) atoms. The van der Waals surface area contributed by atoms with Crippen LogP contribution in [0, 0.1) is 13.8 Å². The Hall–Kier alpha value is -4.18. The average Bonchev–Trinajstić information content (AvgIpc) is 3.11. The third-order valence-electron chi connectivity index (χ3n) is 7.27. The van der Waals surface area contributed by atoms with E-state index in [4.69, 9.17) is 0 Å². The molecule has 1 aliphatic carbocycles. The molecule has 0 unspecified atom stereocenters. The highest BCUT2D eigenvalue weighted by molar-refractivity contribution is 5.91. The number of anilines is 1. The van der Waals surface area contributed by atoms with E-state index in [1.165, 1.54) is 11.1 Å². The molecule has 192 valence electrons. The predicted molar refractivity (Wildman–Crippen MR) is 158 cm³/mol. The smallest absolute Gasteiger partial charge is 0.223 e. The zero-order chi connectivity index (χ0) is 26.5. The van der Waals surface area contributed by atoms with Gasteiger partial charge in [0.15, 0.2) is 0 Å². The summed E-state index contributed by atoms with van der Waals surface area (Å²) >= 11 is 0. The second kappa shape index (κ2) is 11.5. The summed E-state index contributed by atoms with van der Waals surface area (Å²) in [5.41, 5.74) is 9.08. The number of hydrogen-bond donors (Lipinski definition) is 0. The minimum Gasteiger partial charge on any atom is -0.353 e. The number of pyridine rings is 1. The Morgan fingerprint density at radius 2 is 1.58 bits per heavy atom. The van der Waals surface area contributed by atoms with E-state index >= 15 is 0 Å². The zero-order valence-corrected chi connectivity index (χ0v) is 22.4. The molecule has 0 spiro atoms. The number of nitrogens with zero attached hydrogens (tertiary/aromatic N) is 3. The molecule has 1 saturated heterocycles. The van der Waals surface area contributed by atoms with E-state index in [2.05, 4.69) is 103 Å². The van der Waals surface area contributed by atoms with E-state index in [0.29, 0.717) is 12.8 Å². The summed E-state index contributed by atoms with van der Waals surface area (Å²) in [6, 6.07) is 23.0. The molecule has 0 atom stereocenters. The highest BCUT2D eigenvalue weighted by Crippen LogP contribution is 2.33. The molecule has 4 nitrogen and oxygen atoms in total. The molecule has 0 bridgehead atoms. The first-order valence-corrected chi connectivity index (χ1v) is 13.4. The Labute approximate surface area is 226 Å².